The molecule has 30 heavy (non-hydrogen) atoms. The van der Waals surface area contributed by atoms with Crippen LogP contribution in [0.25, 0.3) is 22.1 Å². The third-order valence-corrected chi connectivity index (χ3v) is 4.97. The van der Waals surface area contributed by atoms with E-state index in [0.717, 1.165) is 0 Å². The van der Waals surface area contributed by atoms with Crippen molar-refractivity contribution in [2.75, 3.05) is 5.73 Å². The van der Waals surface area contributed by atoms with Gasteiger partial charge in [-0.25, -0.2) is 24.3 Å². The first kappa shape index (κ1) is 17.9. The Morgan fingerprint density at radius 1 is 0.967 bits per heavy atom. The monoisotopic (exact) mass is 401 g/mol. The highest BCUT2D eigenvalue weighted by atomic mass is 19.1. The molecule has 148 valence electrons. The molecule has 0 fully saturated rings. The number of nitrogens with two attached hydrogens (primary N) is 1. The van der Waals surface area contributed by atoms with Crippen LogP contribution >= 0.6 is 0 Å². The number of nitrogens with zero attached hydrogens (tertiary/aromatic N) is 6. The SMILES string of the molecule is Nc1ncnc2c1ncn2Cc1nc2ccccc2c(=O)n1Cc1ccccc1F. The van der Waals surface area contributed by atoms with Gasteiger partial charge < -0.3 is 10.3 Å². The summed E-state index contributed by atoms with van der Waals surface area (Å²) in [5, 5.41) is 0.472. The molecule has 0 unspecified atom stereocenters. The standard InChI is InChI=1S/C21H16FN7O/c22-15-7-3-1-5-13(15)9-29-17(27-16-8-4-2-6-14(16)21(29)30)10-28-12-26-18-19(23)24-11-25-20(18)28/h1-8,11-12H,9-10H2,(H2,23,24,25). The summed E-state index contributed by atoms with van der Waals surface area (Å²) < 4.78 is 17.5. The fraction of sp³-hybridized carbons (Fsp3) is 0.0952. The van der Waals surface area contributed by atoms with Crippen molar-refractivity contribution in [3.8, 4) is 0 Å². The van der Waals surface area contributed by atoms with Crippen LogP contribution in [0.15, 0.2) is 66.0 Å². The van der Waals surface area contributed by atoms with Gasteiger partial charge in [0.25, 0.3) is 5.56 Å². The number of benzene rings is 2. The summed E-state index contributed by atoms with van der Waals surface area (Å²) >= 11 is 0. The molecule has 0 amide bonds. The Morgan fingerprint density at radius 2 is 1.77 bits per heavy atom. The molecule has 0 bridgehead atoms. The summed E-state index contributed by atoms with van der Waals surface area (Å²) in [6.07, 6.45) is 2.93. The number of rotatable bonds is 4. The van der Waals surface area contributed by atoms with E-state index in [1.807, 2.05) is 6.07 Å². The van der Waals surface area contributed by atoms with E-state index < -0.39 is 0 Å². The minimum atomic E-state index is -0.378. The van der Waals surface area contributed by atoms with Gasteiger partial charge in [-0.05, 0) is 18.2 Å². The van der Waals surface area contributed by atoms with E-state index in [9.17, 15) is 9.18 Å². The molecule has 0 saturated carbocycles. The molecule has 0 saturated heterocycles. The lowest BCUT2D eigenvalue weighted by molar-refractivity contribution is 0.580. The minimum Gasteiger partial charge on any atom is -0.382 e. The van der Waals surface area contributed by atoms with Gasteiger partial charge in [0.1, 0.15) is 23.5 Å². The zero-order valence-corrected chi connectivity index (χ0v) is 15.7. The van der Waals surface area contributed by atoms with E-state index >= 15 is 0 Å². The van der Waals surface area contributed by atoms with Crippen molar-refractivity contribution in [1.29, 1.82) is 0 Å². The molecule has 0 aliphatic rings. The molecule has 8 nitrogen and oxygen atoms in total. The third kappa shape index (κ3) is 2.96. The Kier molecular flexibility index (Phi) is 4.20. The van der Waals surface area contributed by atoms with Gasteiger partial charge in [0.05, 0.1) is 30.3 Å². The highest BCUT2D eigenvalue weighted by Crippen LogP contribution is 2.17. The number of anilines is 1. The fourth-order valence-electron chi connectivity index (χ4n) is 3.46. The smallest absolute Gasteiger partial charge is 0.261 e. The maximum absolute atomic E-state index is 14.3. The summed E-state index contributed by atoms with van der Waals surface area (Å²) in [6.45, 7) is 0.268. The van der Waals surface area contributed by atoms with Crippen LogP contribution in [0.1, 0.15) is 11.4 Å². The van der Waals surface area contributed by atoms with Crippen LogP contribution in [0.5, 0.6) is 0 Å². The molecule has 5 aromatic rings. The molecule has 3 aromatic heterocycles. The second-order valence-corrected chi connectivity index (χ2v) is 6.83. The summed E-state index contributed by atoms with van der Waals surface area (Å²) in [5.41, 5.74) is 7.61. The molecule has 5 rings (SSSR count). The fourth-order valence-corrected chi connectivity index (χ4v) is 3.46. The normalized spacial score (nSPS) is 11.4. The van der Waals surface area contributed by atoms with E-state index in [2.05, 4.69) is 19.9 Å². The Hall–Kier alpha value is -4.14. The van der Waals surface area contributed by atoms with Crippen molar-refractivity contribution in [1.82, 2.24) is 29.1 Å². The molecule has 2 aromatic carbocycles. The van der Waals surface area contributed by atoms with Gasteiger partial charge in [-0.15, -0.1) is 0 Å². The van der Waals surface area contributed by atoms with E-state index in [0.29, 0.717) is 33.5 Å². The molecule has 0 spiro atoms. The molecule has 0 aliphatic heterocycles. The average molecular weight is 401 g/mol. The van der Waals surface area contributed by atoms with Crippen LogP contribution < -0.4 is 11.3 Å². The number of halogens is 1. The highest BCUT2D eigenvalue weighted by Gasteiger charge is 2.15. The van der Waals surface area contributed by atoms with Gasteiger partial charge in [0, 0.05) is 5.56 Å². The first-order chi connectivity index (χ1) is 14.6. The van der Waals surface area contributed by atoms with Crippen molar-refractivity contribution in [2.45, 2.75) is 13.1 Å². The number of para-hydroxylation sites is 1. The van der Waals surface area contributed by atoms with Crippen molar-refractivity contribution in [3.63, 3.8) is 0 Å². The number of hydrogen-bond donors (Lipinski definition) is 1. The molecular formula is C21H16FN7O. The van der Waals surface area contributed by atoms with Crippen molar-refractivity contribution in [2.24, 2.45) is 0 Å². The predicted octanol–water partition coefficient (Wildman–Crippen LogP) is 2.35. The largest absolute Gasteiger partial charge is 0.382 e. The van der Waals surface area contributed by atoms with Crippen molar-refractivity contribution < 1.29 is 4.39 Å². The van der Waals surface area contributed by atoms with Crippen LogP contribution in [0, 0.1) is 5.82 Å². The lowest BCUT2D eigenvalue weighted by atomic mass is 10.2. The Morgan fingerprint density at radius 3 is 2.63 bits per heavy atom. The molecule has 2 N–H and O–H groups in total. The minimum absolute atomic E-state index is 0.0580. The molecule has 0 radical (unpaired) electrons. The maximum atomic E-state index is 14.3. The van der Waals surface area contributed by atoms with Gasteiger partial charge in [0.2, 0.25) is 0 Å². The van der Waals surface area contributed by atoms with Gasteiger partial charge in [-0.1, -0.05) is 30.3 Å². The third-order valence-electron chi connectivity index (χ3n) is 4.97. The van der Waals surface area contributed by atoms with Crippen molar-refractivity contribution >= 4 is 27.9 Å². The Bertz CT molecular complexity index is 1460. The van der Waals surface area contributed by atoms with Crippen LogP contribution in [0.4, 0.5) is 10.2 Å². The highest BCUT2D eigenvalue weighted by molar-refractivity contribution is 5.81. The lowest BCUT2D eigenvalue weighted by Gasteiger charge is -2.15. The van der Waals surface area contributed by atoms with Crippen LogP contribution in [0.2, 0.25) is 0 Å². The van der Waals surface area contributed by atoms with Gasteiger partial charge in [-0.3, -0.25) is 9.36 Å². The molecular weight excluding hydrogens is 385 g/mol. The van der Waals surface area contributed by atoms with E-state index in [4.69, 9.17) is 5.73 Å². The first-order valence-corrected chi connectivity index (χ1v) is 9.25. The Balaban J connectivity index is 1.69. The molecule has 0 aliphatic carbocycles. The predicted molar refractivity (Wildman–Crippen MR) is 110 cm³/mol. The average Bonchev–Trinajstić information content (AvgIpc) is 3.16. The number of hydrogen-bond acceptors (Lipinski definition) is 6. The maximum Gasteiger partial charge on any atom is 0.261 e. The van der Waals surface area contributed by atoms with Gasteiger partial charge in [0.15, 0.2) is 11.5 Å². The Labute approximate surface area is 169 Å². The number of imidazole rings is 1. The van der Waals surface area contributed by atoms with Gasteiger partial charge >= 0.3 is 0 Å². The number of nitrogen functional groups attached to an aromatic ring is 1. The summed E-state index contributed by atoms with van der Waals surface area (Å²) in [5.74, 6) is 0.351. The molecule has 9 heteroatoms. The van der Waals surface area contributed by atoms with E-state index in [-0.39, 0.29) is 30.3 Å². The van der Waals surface area contributed by atoms with E-state index in [1.54, 1.807) is 47.3 Å². The topological polar surface area (TPSA) is 105 Å². The quantitative estimate of drug-likeness (QED) is 0.496. The lowest BCUT2D eigenvalue weighted by Crippen LogP contribution is -2.27. The molecule has 0 atom stereocenters. The van der Waals surface area contributed by atoms with Crippen LogP contribution in [-0.2, 0) is 13.1 Å². The zero-order chi connectivity index (χ0) is 20.7. The number of fused-ring (bicyclic) bond motifs is 2. The summed E-state index contributed by atoms with van der Waals surface area (Å²) in [6, 6.07) is 13.5. The zero-order valence-electron chi connectivity index (χ0n) is 15.7. The summed E-state index contributed by atoms with van der Waals surface area (Å²) in [7, 11) is 0. The van der Waals surface area contributed by atoms with E-state index in [1.165, 1.54) is 17.0 Å². The van der Waals surface area contributed by atoms with Crippen molar-refractivity contribution in [3.05, 3.63) is 88.7 Å². The van der Waals surface area contributed by atoms with Gasteiger partial charge in [-0.2, -0.15) is 0 Å². The first-order valence-electron chi connectivity index (χ1n) is 9.25. The second kappa shape index (κ2) is 7.03. The summed E-state index contributed by atoms with van der Waals surface area (Å²) in [4.78, 5) is 30.4. The van der Waals surface area contributed by atoms with Crippen LogP contribution in [-0.4, -0.2) is 29.1 Å². The second-order valence-electron chi connectivity index (χ2n) is 6.83. The van der Waals surface area contributed by atoms with Crippen LogP contribution in [0.3, 0.4) is 0 Å². The number of aromatic nitrogens is 6. The molecule has 3 heterocycles.